The van der Waals surface area contributed by atoms with E-state index in [1.165, 1.54) is 20.1 Å². The highest BCUT2D eigenvalue weighted by molar-refractivity contribution is 6.04. The van der Waals surface area contributed by atoms with E-state index in [4.69, 9.17) is 9.47 Å². The number of rotatable bonds is 8. The minimum Gasteiger partial charge on any atom is -0.493 e. The van der Waals surface area contributed by atoms with Crippen molar-refractivity contribution in [2.75, 3.05) is 39.9 Å². The number of carbonyl (C=O) groups is 2. The van der Waals surface area contributed by atoms with E-state index in [1.807, 2.05) is 0 Å². The van der Waals surface area contributed by atoms with Crippen LogP contribution in [0.25, 0.3) is 11.1 Å². The van der Waals surface area contributed by atoms with Gasteiger partial charge in [0.15, 0.2) is 0 Å². The monoisotopic (exact) mass is 569 g/mol. The number of methoxy groups -OCH3 is 1. The summed E-state index contributed by atoms with van der Waals surface area (Å²) >= 11 is 0. The fraction of sp³-hybridized carbons (Fsp3) is 0.516. The summed E-state index contributed by atoms with van der Waals surface area (Å²) in [6, 6.07) is 11.1. The zero-order valence-corrected chi connectivity index (χ0v) is 24.0. The van der Waals surface area contributed by atoms with Crippen molar-refractivity contribution >= 4 is 11.9 Å². The van der Waals surface area contributed by atoms with Gasteiger partial charge < -0.3 is 24.4 Å². The largest absolute Gasteiger partial charge is 0.493 e. The number of halogens is 2. The standard InChI is InChI=1S/C31H37F2N3O5/c1-30(2,33)19-35-12-10-20(11-13-35)18-41-23-8-9-24(21(14-23)16-34)25-6-5-7-26(32)27(25)28(38)36-17-22(37)15-31(36,3)29(39)40-4/h5-9,14,20,22,37H,10-13,15,17-19H2,1-4H3/t22-,31+/m1/s1. The second-order valence-corrected chi connectivity index (χ2v) is 11.8. The Morgan fingerprint density at radius 3 is 2.54 bits per heavy atom. The van der Waals surface area contributed by atoms with E-state index in [0.717, 1.165) is 36.9 Å². The van der Waals surface area contributed by atoms with Crippen molar-refractivity contribution < 1.29 is 33.0 Å². The molecule has 41 heavy (non-hydrogen) atoms. The highest BCUT2D eigenvalue weighted by Gasteiger charge is 2.51. The molecule has 2 saturated heterocycles. The van der Waals surface area contributed by atoms with Crippen molar-refractivity contribution in [2.24, 2.45) is 5.92 Å². The SMILES string of the molecule is COC(=O)[C@]1(C)C[C@@H](O)CN1C(=O)c1c(F)cccc1-c1ccc(OCC2CCN(CC(C)(C)F)CC2)cc1C#N. The van der Waals surface area contributed by atoms with Crippen LogP contribution in [0.3, 0.4) is 0 Å². The van der Waals surface area contributed by atoms with Crippen molar-refractivity contribution in [1.29, 1.82) is 5.26 Å². The Morgan fingerprint density at radius 1 is 1.20 bits per heavy atom. The van der Waals surface area contributed by atoms with E-state index in [2.05, 4.69) is 11.0 Å². The number of esters is 1. The number of benzene rings is 2. The third-order valence-corrected chi connectivity index (χ3v) is 7.91. The van der Waals surface area contributed by atoms with E-state index in [0.29, 0.717) is 30.4 Å². The molecule has 4 rings (SSSR count). The molecule has 2 heterocycles. The van der Waals surface area contributed by atoms with Crippen molar-refractivity contribution in [3.63, 3.8) is 0 Å². The molecule has 1 amide bonds. The number of hydrogen-bond acceptors (Lipinski definition) is 7. The van der Waals surface area contributed by atoms with E-state index < -0.39 is 35.0 Å². The number of piperidine rings is 1. The molecule has 8 nitrogen and oxygen atoms in total. The Morgan fingerprint density at radius 2 is 1.90 bits per heavy atom. The molecular weight excluding hydrogens is 532 g/mol. The van der Waals surface area contributed by atoms with Crippen LogP contribution in [-0.2, 0) is 9.53 Å². The van der Waals surface area contributed by atoms with Crippen LogP contribution in [0.1, 0.15) is 56.0 Å². The Hall–Kier alpha value is -3.55. The quantitative estimate of drug-likeness (QED) is 0.472. The number of amides is 1. The number of likely N-dealkylation sites (tertiary alicyclic amines) is 2. The summed E-state index contributed by atoms with van der Waals surface area (Å²) < 4.78 is 40.1. The van der Waals surface area contributed by atoms with Gasteiger partial charge in [-0.2, -0.15) is 5.26 Å². The maximum absolute atomic E-state index is 15.3. The number of ether oxygens (including phenoxy) is 2. The van der Waals surface area contributed by atoms with E-state index >= 15 is 4.39 Å². The maximum atomic E-state index is 15.3. The molecule has 2 aromatic carbocycles. The van der Waals surface area contributed by atoms with Gasteiger partial charge >= 0.3 is 5.97 Å². The lowest BCUT2D eigenvalue weighted by molar-refractivity contribution is -0.151. The average Bonchev–Trinajstić information content (AvgIpc) is 3.25. The first kappa shape index (κ1) is 30.4. The number of nitriles is 1. The summed E-state index contributed by atoms with van der Waals surface area (Å²) in [6.07, 6.45) is 0.734. The lowest BCUT2D eigenvalue weighted by Crippen LogP contribution is -2.51. The predicted molar refractivity (Wildman–Crippen MR) is 148 cm³/mol. The van der Waals surface area contributed by atoms with Crippen molar-refractivity contribution in [1.82, 2.24) is 9.80 Å². The number of aliphatic hydroxyl groups excluding tert-OH is 1. The molecule has 10 heteroatoms. The van der Waals surface area contributed by atoms with Crippen LogP contribution in [-0.4, -0.2) is 84.0 Å². The van der Waals surface area contributed by atoms with Crippen LogP contribution in [0, 0.1) is 23.1 Å². The Balaban J connectivity index is 1.54. The molecule has 0 aliphatic carbocycles. The van der Waals surface area contributed by atoms with Gasteiger partial charge in [-0.1, -0.05) is 12.1 Å². The van der Waals surface area contributed by atoms with Crippen molar-refractivity contribution in [3.8, 4) is 22.9 Å². The first-order chi connectivity index (χ1) is 19.4. The van der Waals surface area contributed by atoms with Gasteiger partial charge in [0.05, 0.1) is 37.0 Å². The van der Waals surface area contributed by atoms with Crippen molar-refractivity contribution in [3.05, 3.63) is 53.3 Å². The molecule has 0 radical (unpaired) electrons. The summed E-state index contributed by atoms with van der Waals surface area (Å²) in [5.41, 5.74) is -2.29. The second kappa shape index (κ2) is 12.1. The van der Waals surface area contributed by atoms with Crippen LogP contribution in [0.5, 0.6) is 5.75 Å². The zero-order chi connectivity index (χ0) is 29.9. The molecule has 2 aliphatic rings. The van der Waals surface area contributed by atoms with Gasteiger partial charge in [0.2, 0.25) is 0 Å². The maximum Gasteiger partial charge on any atom is 0.331 e. The normalized spacial score (nSPS) is 21.9. The summed E-state index contributed by atoms with van der Waals surface area (Å²) in [5.74, 6) is -1.53. The van der Waals surface area contributed by atoms with Crippen LogP contribution >= 0.6 is 0 Å². The van der Waals surface area contributed by atoms with Gasteiger partial charge in [-0.25, -0.2) is 13.6 Å². The first-order valence-electron chi connectivity index (χ1n) is 13.8. The van der Waals surface area contributed by atoms with E-state index in [9.17, 15) is 24.3 Å². The smallest absolute Gasteiger partial charge is 0.331 e. The van der Waals surface area contributed by atoms with Gasteiger partial charge in [-0.15, -0.1) is 0 Å². The van der Waals surface area contributed by atoms with E-state index in [1.54, 1.807) is 38.1 Å². The Labute approximate surface area is 239 Å². The molecule has 2 aromatic rings. The molecule has 0 spiro atoms. The third kappa shape index (κ3) is 6.68. The van der Waals surface area contributed by atoms with Crippen LogP contribution in [0.4, 0.5) is 8.78 Å². The molecule has 1 N–H and O–H groups in total. The number of nitrogens with zero attached hydrogens (tertiary/aromatic N) is 3. The average molecular weight is 570 g/mol. The first-order valence-corrected chi connectivity index (χ1v) is 13.8. The molecular formula is C31H37F2N3O5. The zero-order valence-electron chi connectivity index (χ0n) is 24.0. The topological polar surface area (TPSA) is 103 Å². The molecule has 2 fully saturated rings. The van der Waals surface area contributed by atoms with E-state index in [-0.39, 0.29) is 29.7 Å². The van der Waals surface area contributed by atoms with Crippen LogP contribution in [0.2, 0.25) is 0 Å². The Bertz CT molecular complexity index is 1330. The van der Waals surface area contributed by atoms with Crippen molar-refractivity contribution in [2.45, 2.75) is 57.3 Å². The highest BCUT2D eigenvalue weighted by atomic mass is 19.1. The summed E-state index contributed by atoms with van der Waals surface area (Å²) in [5, 5.41) is 20.2. The number of alkyl halides is 1. The van der Waals surface area contributed by atoms with Gasteiger partial charge in [-0.05, 0) is 82.4 Å². The van der Waals surface area contributed by atoms with Crippen LogP contribution < -0.4 is 4.74 Å². The number of β-amino-alcohol motifs (C(OH)–C–C–N with tert-alkyl or cyclic N) is 1. The molecule has 2 aliphatic heterocycles. The predicted octanol–water partition coefficient (Wildman–Crippen LogP) is 4.34. The lowest BCUT2D eigenvalue weighted by atomic mass is 9.93. The molecule has 0 unspecified atom stereocenters. The fourth-order valence-electron chi connectivity index (χ4n) is 5.86. The molecule has 220 valence electrons. The van der Waals surface area contributed by atoms with Crippen LogP contribution in [0.15, 0.2) is 36.4 Å². The number of carbonyl (C=O) groups excluding carboxylic acids is 2. The molecule has 0 saturated carbocycles. The van der Waals surface area contributed by atoms with Gasteiger partial charge in [0.1, 0.15) is 22.8 Å². The van der Waals surface area contributed by atoms with Gasteiger partial charge in [-0.3, -0.25) is 4.79 Å². The summed E-state index contributed by atoms with van der Waals surface area (Å²) in [4.78, 5) is 29.5. The minimum atomic E-state index is -1.47. The number of aliphatic hydroxyl groups is 1. The molecule has 2 atom stereocenters. The number of hydrogen-bond donors (Lipinski definition) is 1. The summed E-state index contributed by atoms with van der Waals surface area (Å²) in [6.45, 7) is 6.91. The minimum absolute atomic E-state index is 0.0441. The second-order valence-electron chi connectivity index (χ2n) is 11.8. The van der Waals surface area contributed by atoms with Gasteiger partial charge in [0, 0.05) is 25.1 Å². The fourth-order valence-corrected chi connectivity index (χ4v) is 5.86. The highest BCUT2D eigenvalue weighted by Crippen LogP contribution is 2.37. The lowest BCUT2D eigenvalue weighted by Gasteiger charge is -2.34. The molecule has 0 aromatic heterocycles. The van der Waals surface area contributed by atoms with Gasteiger partial charge in [0.25, 0.3) is 5.91 Å². The molecule has 0 bridgehead atoms. The summed E-state index contributed by atoms with van der Waals surface area (Å²) in [7, 11) is 1.19. The third-order valence-electron chi connectivity index (χ3n) is 7.91. The Kier molecular flexibility index (Phi) is 9.00.